The van der Waals surface area contributed by atoms with Gasteiger partial charge in [-0.3, -0.25) is 9.59 Å². The summed E-state index contributed by atoms with van der Waals surface area (Å²) in [6.45, 7) is 0.672. The largest absolute Gasteiger partial charge is 0.493 e. The Bertz CT molecular complexity index is 804. The van der Waals surface area contributed by atoms with E-state index in [2.05, 4.69) is 10.6 Å². The molecule has 0 unspecified atom stereocenters. The van der Waals surface area contributed by atoms with E-state index in [1.54, 1.807) is 6.07 Å². The number of carbonyl (C=O) groups is 2. The van der Waals surface area contributed by atoms with Gasteiger partial charge in [0.05, 0.1) is 18.7 Å². The van der Waals surface area contributed by atoms with Gasteiger partial charge in [-0.2, -0.15) is 0 Å². The quantitative estimate of drug-likeness (QED) is 0.904. The minimum atomic E-state index is -0.204. The number of fused-ring (bicyclic) bond motifs is 1. The minimum Gasteiger partial charge on any atom is -0.493 e. The van der Waals surface area contributed by atoms with Gasteiger partial charge in [-0.1, -0.05) is 30.3 Å². The molecule has 0 spiro atoms. The van der Waals surface area contributed by atoms with E-state index in [4.69, 9.17) is 4.74 Å². The molecule has 2 atom stereocenters. The fraction of sp³-hybridized carbons (Fsp3) is 0.300. The molecule has 1 fully saturated rings. The number of amides is 2. The van der Waals surface area contributed by atoms with E-state index in [9.17, 15) is 9.59 Å². The van der Waals surface area contributed by atoms with Crippen LogP contribution in [-0.4, -0.2) is 24.5 Å². The van der Waals surface area contributed by atoms with Crippen molar-refractivity contribution < 1.29 is 14.3 Å². The van der Waals surface area contributed by atoms with Crippen LogP contribution in [0, 0.1) is 0 Å². The van der Waals surface area contributed by atoms with Gasteiger partial charge in [0, 0.05) is 18.4 Å². The van der Waals surface area contributed by atoms with Crippen LogP contribution >= 0.6 is 0 Å². The summed E-state index contributed by atoms with van der Waals surface area (Å²) in [4.78, 5) is 24.5. The second-order valence-electron chi connectivity index (χ2n) is 6.50. The van der Waals surface area contributed by atoms with Gasteiger partial charge in [0.1, 0.15) is 5.75 Å². The van der Waals surface area contributed by atoms with Gasteiger partial charge < -0.3 is 15.4 Å². The number of nitrogens with one attached hydrogen (secondary N) is 2. The monoisotopic (exact) mass is 336 g/mol. The van der Waals surface area contributed by atoms with Crippen molar-refractivity contribution in [3.63, 3.8) is 0 Å². The molecule has 2 amide bonds. The van der Waals surface area contributed by atoms with Crippen LogP contribution in [0.3, 0.4) is 0 Å². The summed E-state index contributed by atoms with van der Waals surface area (Å²) in [5, 5.41) is 6.11. The summed E-state index contributed by atoms with van der Waals surface area (Å²) in [7, 11) is 0. The van der Waals surface area contributed by atoms with Crippen molar-refractivity contribution in [2.45, 2.75) is 31.3 Å². The second kappa shape index (κ2) is 6.59. The van der Waals surface area contributed by atoms with Gasteiger partial charge in [-0.25, -0.2) is 0 Å². The highest BCUT2D eigenvalue weighted by molar-refractivity contribution is 5.95. The van der Waals surface area contributed by atoms with Crippen LogP contribution < -0.4 is 15.4 Å². The maximum absolute atomic E-state index is 12.7. The van der Waals surface area contributed by atoms with Gasteiger partial charge in [0.25, 0.3) is 5.91 Å². The van der Waals surface area contributed by atoms with Gasteiger partial charge in [0.15, 0.2) is 0 Å². The van der Waals surface area contributed by atoms with Gasteiger partial charge in [-0.15, -0.1) is 0 Å². The highest BCUT2D eigenvalue weighted by Gasteiger charge is 2.31. The lowest BCUT2D eigenvalue weighted by Gasteiger charge is -2.33. The molecule has 0 aromatic heterocycles. The SMILES string of the molecule is O=C1CC[C@@H](NC(=O)c2ccc3c(c2)CCO3)[C@H](c2ccccc2)N1. The molecule has 0 bridgehead atoms. The van der Waals surface area contributed by atoms with Gasteiger partial charge in [0.2, 0.25) is 5.91 Å². The van der Waals surface area contributed by atoms with E-state index in [1.807, 2.05) is 42.5 Å². The number of rotatable bonds is 3. The first-order valence-electron chi connectivity index (χ1n) is 8.61. The van der Waals surface area contributed by atoms with E-state index in [0.29, 0.717) is 25.0 Å². The number of benzene rings is 2. The number of hydrogen-bond acceptors (Lipinski definition) is 3. The van der Waals surface area contributed by atoms with E-state index in [-0.39, 0.29) is 23.9 Å². The maximum Gasteiger partial charge on any atom is 0.251 e. The predicted octanol–water partition coefficient (Wildman–Crippen LogP) is 2.37. The van der Waals surface area contributed by atoms with E-state index in [1.165, 1.54) is 0 Å². The molecule has 2 aliphatic heterocycles. The molecule has 25 heavy (non-hydrogen) atoms. The molecule has 5 heteroatoms. The second-order valence-corrected chi connectivity index (χ2v) is 6.50. The fourth-order valence-corrected chi connectivity index (χ4v) is 3.51. The summed E-state index contributed by atoms with van der Waals surface area (Å²) < 4.78 is 5.49. The summed E-state index contributed by atoms with van der Waals surface area (Å²) in [6.07, 6.45) is 1.89. The molecule has 5 nitrogen and oxygen atoms in total. The Morgan fingerprint density at radius 2 is 1.96 bits per heavy atom. The Hall–Kier alpha value is -2.82. The van der Waals surface area contributed by atoms with Crippen LogP contribution in [0.15, 0.2) is 48.5 Å². The molecule has 0 radical (unpaired) electrons. The predicted molar refractivity (Wildman–Crippen MR) is 93.5 cm³/mol. The summed E-state index contributed by atoms with van der Waals surface area (Å²) in [6, 6.07) is 15.0. The third kappa shape index (κ3) is 3.22. The molecule has 1 saturated heterocycles. The molecule has 2 heterocycles. The Labute approximate surface area is 146 Å². The van der Waals surface area contributed by atoms with E-state index in [0.717, 1.165) is 23.3 Å². The number of piperidine rings is 1. The lowest BCUT2D eigenvalue weighted by molar-refractivity contribution is -0.123. The Morgan fingerprint density at radius 1 is 1.12 bits per heavy atom. The van der Waals surface area contributed by atoms with Crippen molar-refractivity contribution in [3.05, 3.63) is 65.2 Å². The molecule has 4 rings (SSSR count). The third-order valence-electron chi connectivity index (χ3n) is 4.83. The van der Waals surface area contributed by atoms with E-state index >= 15 is 0 Å². The Kier molecular flexibility index (Phi) is 4.14. The van der Waals surface area contributed by atoms with Crippen molar-refractivity contribution in [2.24, 2.45) is 0 Å². The van der Waals surface area contributed by atoms with Crippen LogP contribution in [0.25, 0.3) is 0 Å². The van der Waals surface area contributed by atoms with Gasteiger partial charge >= 0.3 is 0 Å². The van der Waals surface area contributed by atoms with Crippen molar-refractivity contribution in [1.29, 1.82) is 0 Å². The fourth-order valence-electron chi connectivity index (χ4n) is 3.51. The first kappa shape index (κ1) is 15.7. The highest BCUT2D eigenvalue weighted by atomic mass is 16.5. The lowest BCUT2D eigenvalue weighted by atomic mass is 9.91. The smallest absolute Gasteiger partial charge is 0.251 e. The molecule has 0 saturated carbocycles. The zero-order chi connectivity index (χ0) is 17.2. The van der Waals surface area contributed by atoms with Crippen LogP contribution in [0.4, 0.5) is 0 Å². The molecule has 2 aromatic carbocycles. The van der Waals surface area contributed by atoms with Crippen molar-refractivity contribution in [3.8, 4) is 5.75 Å². The number of ether oxygens (including phenoxy) is 1. The molecular formula is C20H20N2O3. The Balaban J connectivity index is 1.53. The van der Waals surface area contributed by atoms with Crippen LogP contribution in [0.2, 0.25) is 0 Å². The number of carbonyl (C=O) groups excluding carboxylic acids is 2. The average Bonchev–Trinajstić information content (AvgIpc) is 3.11. The van der Waals surface area contributed by atoms with E-state index < -0.39 is 0 Å². The third-order valence-corrected chi connectivity index (χ3v) is 4.83. The topological polar surface area (TPSA) is 67.4 Å². The molecule has 128 valence electrons. The lowest BCUT2D eigenvalue weighted by Crippen LogP contribution is -2.50. The zero-order valence-corrected chi connectivity index (χ0v) is 13.8. The summed E-state index contributed by atoms with van der Waals surface area (Å²) in [5.74, 6) is 0.773. The van der Waals surface area contributed by atoms with Crippen LogP contribution in [0.5, 0.6) is 5.75 Å². The zero-order valence-electron chi connectivity index (χ0n) is 13.8. The minimum absolute atomic E-state index is 0.0223. The summed E-state index contributed by atoms with van der Waals surface area (Å²) >= 11 is 0. The average molecular weight is 336 g/mol. The van der Waals surface area contributed by atoms with Gasteiger partial charge in [-0.05, 0) is 35.7 Å². The van der Waals surface area contributed by atoms with Crippen molar-refractivity contribution in [1.82, 2.24) is 10.6 Å². The van der Waals surface area contributed by atoms with Crippen molar-refractivity contribution >= 4 is 11.8 Å². The molecule has 2 aliphatic rings. The normalized spacial score (nSPS) is 21.8. The summed E-state index contributed by atoms with van der Waals surface area (Å²) in [5.41, 5.74) is 2.71. The number of hydrogen-bond donors (Lipinski definition) is 2. The Morgan fingerprint density at radius 3 is 2.80 bits per heavy atom. The molecular weight excluding hydrogens is 316 g/mol. The maximum atomic E-state index is 12.7. The first-order valence-corrected chi connectivity index (χ1v) is 8.61. The molecule has 0 aliphatic carbocycles. The molecule has 2 N–H and O–H groups in total. The van der Waals surface area contributed by atoms with Crippen LogP contribution in [-0.2, 0) is 11.2 Å². The van der Waals surface area contributed by atoms with Crippen LogP contribution in [0.1, 0.15) is 40.4 Å². The highest BCUT2D eigenvalue weighted by Crippen LogP contribution is 2.27. The van der Waals surface area contributed by atoms with Crippen molar-refractivity contribution in [2.75, 3.05) is 6.61 Å². The molecule has 2 aromatic rings. The standard InChI is InChI=1S/C20H20N2O3/c23-18-9-7-16(19(22-18)13-4-2-1-3-5-13)21-20(24)15-6-8-17-14(12-15)10-11-25-17/h1-6,8,12,16,19H,7,9-11H2,(H,21,24)(H,22,23)/t16-,19+/m1/s1. The first-order chi connectivity index (χ1) is 12.2.